The molecule has 8 heteroatoms. The summed E-state index contributed by atoms with van der Waals surface area (Å²) >= 11 is 0. The molecule has 2 fully saturated rings. The topological polar surface area (TPSA) is 101 Å². The van der Waals surface area contributed by atoms with Crippen LogP contribution in [0.1, 0.15) is 66.2 Å². The largest absolute Gasteiger partial charge is 0.459 e. The van der Waals surface area contributed by atoms with E-state index in [1.807, 2.05) is 31.2 Å². The van der Waals surface area contributed by atoms with E-state index in [-0.39, 0.29) is 42.8 Å². The summed E-state index contributed by atoms with van der Waals surface area (Å²) in [5, 5.41) is 5.80. The van der Waals surface area contributed by atoms with Crippen LogP contribution < -0.4 is 10.6 Å². The second-order valence-electron chi connectivity index (χ2n) is 9.09. The van der Waals surface area contributed by atoms with Crippen LogP contribution in [0, 0.1) is 6.92 Å². The van der Waals surface area contributed by atoms with Crippen molar-refractivity contribution >= 4 is 17.7 Å². The van der Waals surface area contributed by atoms with E-state index in [4.69, 9.17) is 9.15 Å². The maximum atomic E-state index is 13.6. The standard InChI is InChI=1S/C26H33N3O5/c1-18-8-2-5-12-21(18)24(26(32)28-19-9-3-4-10-19)29(17-20-11-6-14-33-20)23(30)16-27-25(31)22-13-7-15-34-22/h2,5,7-8,12-13,15,19-20,24H,3-4,6,9-11,14,16-17H2,1H3,(H,27,31)(H,28,32). The predicted octanol–water partition coefficient (Wildman–Crippen LogP) is 3.13. The van der Waals surface area contributed by atoms with Gasteiger partial charge in [-0.2, -0.15) is 0 Å². The van der Waals surface area contributed by atoms with Gasteiger partial charge < -0.3 is 24.7 Å². The Morgan fingerprint density at radius 2 is 1.85 bits per heavy atom. The maximum absolute atomic E-state index is 13.6. The molecule has 0 bridgehead atoms. The van der Waals surface area contributed by atoms with Crippen molar-refractivity contribution in [2.24, 2.45) is 0 Å². The van der Waals surface area contributed by atoms with Crippen LogP contribution in [0.2, 0.25) is 0 Å². The van der Waals surface area contributed by atoms with E-state index in [1.54, 1.807) is 11.0 Å². The lowest BCUT2D eigenvalue weighted by atomic mass is 9.97. The summed E-state index contributed by atoms with van der Waals surface area (Å²) in [6, 6.07) is 10.1. The van der Waals surface area contributed by atoms with Gasteiger partial charge in [-0.15, -0.1) is 0 Å². The van der Waals surface area contributed by atoms with Crippen LogP contribution in [0.4, 0.5) is 0 Å². The molecule has 1 saturated heterocycles. The highest BCUT2D eigenvalue weighted by molar-refractivity contribution is 5.95. The molecule has 2 aliphatic rings. The van der Waals surface area contributed by atoms with Crippen molar-refractivity contribution in [3.05, 3.63) is 59.5 Å². The second kappa shape index (κ2) is 11.3. The van der Waals surface area contributed by atoms with E-state index in [0.29, 0.717) is 6.61 Å². The number of benzene rings is 1. The summed E-state index contributed by atoms with van der Waals surface area (Å²) in [7, 11) is 0. The summed E-state index contributed by atoms with van der Waals surface area (Å²) in [5.41, 5.74) is 1.71. The minimum absolute atomic E-state index is 0.123. The third-order valence-electron chi connectivity index (χ3n) is 6.63. The van der Waals surface area contributed by atoms with Crippen LogP contribution in [-0.2, 0) is 14.3 Å². The lowest BCUT2D eigenvalue weighted by Gasteiger charge is -2.34. The Kier molecular flexibility index (Phi) is 8.00. The molecule has 1 aromatic carbocycles. The minimum atomic E-state index is -0.806. The lowest BCUT2D eigenvalue weighted by Crippen LogP contribution is -2.51. The van der Waals surface area contributed by atoms with Gasteiger partial charge in [-0.1, -0.05) is 37.1 Å². The van der Waals surface area contributed by atoms with Gasteiger partial charge in [0.1, 0.15) is 6.04 Å². The molecule has 1 aromatic heterocycles. The van der Waals surface area contributed by atoms with Crippen LogP contribution in [0.25, 0.3) is 0 Å². The number of aryl methyl sites for hydroxylation is 1. The molecule has 8 nitrogen and oxygen atoms in total. The Hall–Kier alpha value is -3.13. The van der Waals surface area contributed by atoms with Gasteiger partial charge in [0, 0.05) is 19.2 Å². The van der Waals surface area contributed by atoms with E-state index in [9.17, 15) is 14.4 Å². The molecule has 4 rings (SSSR count). The van der Waals surface area contributed by atoms with E-state index in [1.165, 1.54) is 12.3 Å². The number of nitrogens with one attached hydrogen (secondary N) is 2. The molecule has 1 aliphatic heterocycles. The van der Waals surface area contributed by atoms with Crippen molar-refractivity contribution in [1.29, 1.82) is 0 Å². The number of hydrogen-bond donors (Lipinski definition) is 2. The smallest absolute Gasteiger partial charge is 0.287 e. The maximum Gasteiger partial charge on any atom is 0.287 e. The fourth-order valence-corrected chi connectivity index (χ4v) is 4.81. The lowest BCUT2D eigenvalue weighted by molar-refractivity contribution is -0.142. The summed E-state index contributed by atoms with van der Waals surface area (Å²) in [4.78, 5) is 41.1. The highest BCUT2D eigenvalue weighted by Crippen LogP contribution is 2.28. The quantitative estimate of drug-likeness (QED) is 0.590. The van der Waals surface area contributed by atoms with Gasteiger partial charge in [0.15, 0.2) is 5.76 Å². The van der Waals surface area contributed by atoms with Crippen molar-refractivity contribution in [3.63, 3.8) is 0 Å². The fraction of sp³-hybridized carbons (Fsp3) is 0.500. The molecule has 2 N–H and O–H groups in total. The normalized spacial score (nSPS) is 19.0. The number of furan rings is 1. The monoisotopic (exact) mass is 467 g/mol. The second-order valence-corrected chi connectivity index (χ2v) is 9.09. The average molecular weight is 468 g/mol. The van der Waals surface area contributed by atoms with Crippen molar-refractivity contribution in [1.82, 2.24) is 15.5 Å². The van der Waals surface area contributed by atoms with Gasteiger partial charge >= 0.3 is 0 Å². The van der Waals surface area contributed by atoms with Crippen molar-refractivity contribution in [2.75, 3.05) is 19.7 Å². The third-order valence-corrected chi connectivity index (χ3v) is 6.63. The first kappa shape index (κ1) is 24.0. The highest BCUT2D eigenvalue weighted by atomic mass is 16.5. The van der Waals surface area contributed by atoms with Crippen molar-refractivity contribution in [2.45, 2.75) is 63.6 Å². The first-order valence-corrected chi connectivity index (χ1v) is 12.1. The Bertz CT molecular complexity index is 978. The molecule has 1 aliphatic carbocycles. The molecular formula is C26H33N3O5. The predicted molar refractivity (Wildman–Crippen MR) is 126 cm³/mol. The molecule has 2 atom stereocenters. The molecule has 0 spiro atoms. The fourth-order valence-electron chi connectivity index (χ4n) is 4.81. The molecular weight excluding hydrogens is 434 g/mol. The van der Waals surface area contributed by atoms with Gasteiger partial charge in [-0.3, -0.25) is 14.4 Å². The number of nitrogens with zero attached hydrogens (tertiary/aromatic N) is 1. The van der Waals surface area contributed by atoms with Gasteiger partial charge in [0.2, 0.25) is 11.8 Å². The zero-order valence-electron chi connectivity index (χ0n) is 19.6. The zero-order valence-corrected chi connectivity index (χ0v) is 19.6. The SMILES string of the molecule is Cc1ccccc1C(C(=O)NC1CCCC1)N(CC1CCCO1)C(=O)CNC(=O)c1ccco1. The minimum Gasteiger partial charge on any atom is -0.459 e. The number of carbonyl (C=O) groups excluding carboxylic acids is 3. The van der Waals surface area contributed by atoms with Gasteiger partial charge in [0.25, 0.3) is 5.91 Å². The van der Waals surface area contributed by atoms with E-state index < -0.39 is 11.9 Å². The summed E-state index contributed by atoms with van der Waals surface area (Å²) in [6.45, 7) is 2.63. The van der Waals surface area contributed by atoms with E-state index in [2.05, 4.69) is 10.6 Å². The Morgan fingerprint density at radius 3 is 2.53 bits per heavy atom. The summed E-state index contributed by atoms with van der Waals surface area (Å²) in [5.74, 6) is -0.874. The molecule has 2 aromatic rings. The van der Waals surface area contributed by atoms with E-state index in [0.717, 1.165) is 49.7 Å². The average Bonchev–Trinajstić information content (AvgIpc) is 3.62. The Balaban J connectivity index is 1.59. The molecule has 34 heavy (non-hydrogen) atoms. The molecule has 3 amide bonds. The number of rotatable bonds is 9. The number of carbonyl (C=O) groups is 3. The molecule has 1 saturated carbocycles. The van der Waals surface area contributed by atoms with Crippen LogP contribution in [0.3, 0.4) is 0 Å². The van der Waals surface area contributed by atoms with Crippen LogP contribution in [0.5, 0.6) is 0 Å². The van der Waals surface area contributed by atoms with E-state index >= 15 is 0 Å². The third kappa shape index (κ3) is 5.86. The number of hydrogen-bond acceptors (Lipinski definition) is 5. The van der Waals surface area contributed by atoms with Gasteiger partial charge in [-0.05, 0) is 55.9 Å². The Morgan fingerprint density at radius 1 is 1.06 bits per heavy atom. The van der Waals surface area contributed by atoms with Crippen molar-refractivity contribution in [3.8, 4) is 0 Å². The number of amides is 3. The van der Waals surface area contributed by atoms with Crippen LogP contribution in [0.15, 0.2) is 47.1 Å². The molecule has 2 unspecified atom stereocenters. The summed E-state index contributed by atoms with van der Waals surface area (Å²) in [6.07, 6.45) is 7.10. The van der Waals surface area contributed by atoms with Crippen molar-refractivity contribution < 1.29 is 23.5 Å². The van der Waals surface area contributed by atoms with Crippen LogP contribution >= 0.6 is 0 Å². The van der Waals surface area contributed by atoms with Gasteiger partial charge in [-0.25, -0.2) is 0 Å². The number of ether oxygens (including phenoxy) is 1. The highest BCUT2D eigenvalue weighted by Gasteiger charge is 2.36. The van der Waals surface area contributed by atoms with Gasteiger partial charge in [0.05, 0.1) is 18.9 Å². The van der Waals surface area contributed by atoms with Crippen LogP contribution in [-0.4, -0.2) is 54.5 Å². The molecule has 0 radical (unpaired) electrons. The Labute approximate surface area is 200 Å². The zero-order chi connectivity index (χ0) is 23.9. The molecule has 182 valence electrons. The first-order chi connectivity index (χ1) is 16.5. The summed E-state index contributed by atoms with van der Waals surface area (Å²) < 4.78 is 10.9. The first-order valence-electron chi connectivity index (χ1n) is 12.1. The molecule has 2 heterocycles.